The number of carbonyl (C=O) groups is 3. The molecule has 220 valence electrons. The molecule has 1 saturated heterocycles. The van der Waals surface area contributed by atoms with Crippen molar-refractivity contribution in [2.24, 2.45) is 28.6 Å². The zero-order valence-electron chi connectivity index (χ0n) is 23.0. The lowest BCUT2D eigenvalue weighted by molar-refractivity contribution is -0.228. The minimum atomic E-state index is -2.28. The predicted molar refractivity (Wildman–Crippen MR) is 146 cm³/mol. The number of hydroxylamine groups is 1. The summed E-state index contributed by atoms with van der Waals surface area (Å²) >= 11 is 6.07. The van der Waals surface area contributed by atoms with Crippen LogP contribution in [0.15, 0.2) is 48.1 Å². The fourth-order valence-electron chi connectivity index (χ4n) is 8.82. The first kappa shape index (κ1) is 28.3. The van der Waals surface area contributed by atoms with Gasteiger partial charge in [0.25, 0.3) is 0 Å². The number of anilines is 1. The van der Waals surface area contributed by atoms with E-state index in [-0.39, 0.29) is 25.0 Å². The molecule has 3 saturated carbocycles. The molecule has 1 aromatic carbocycles. The van der Waals surface area contributed by atoms with Crippen LogP contribution in [0.25, 0.3) is 0 Å². The third-order valence-corrected chi connectivity index (χ3v) is 10.9. The van der Waals surface area contributed by atoms with E-state index in [0.29, 0.717) is 17.1 Å². The molecule has 0 bridgehead atoms. The number of ether oxygens (including phenoxy) is 1. The maximum absolute atomic E-state index is 17.6. The molecule has 1 heterocycles. The second-order valence-electron chi connectivity index (χ2n) is 12.4. The highest BCUT2D eigenvalue weighted by Gasteiger charge is 2.79. The molecule has 5 aliphatic rings. The number of alkyl carbamates (subject to hydrolysis) is 1. The van der Waals surface area contributed by atoms with E-state index in [1.165, 1.54) is 19.2 Å². The van der Waals surface area contributed by atoms with Gasteiger partial charge in [-0.25, -0.2) is 13.6 Å². The van der Waals surface area contributed by atoms with E-state index in [1.807, 2.05) is 0 Å². The number of hydrogen-bond donors (Lipinski definition) is 2. The molecule has 0 unspecified atom stereocenters. The standard InChI is InChI=1S/C30H33ClF2N2O6/c1-27-9-8-19(36)11-22(27)23(32)12-21-20-10-16-14-35(18-6-4-17(31)5-7-18)41-30(16,25(38)15-40-26(39)34-3)28(20,2)13-24(37)29(21,27)33/h4-9,11,16,20-21,23-24,37H,10,12-15H2,1-3H3,(H,34,39)/t16-,20-,21-,23-,24-,27-,28-,29-,30-/m0/s1. The largest absolute Gasteiger partial charge is 0.441 e. The summed E-state index contributed by atoms with van der Waals surface area (Å²) in [6.07, 6.45) is -0.244. The number of ketones is 2. The molecule has 0 aromatic heterocycles. The highest BCUT2D eigenvalue weighted by Crippen LogP contribution is 2.72. The molecule has 4 fully saturated rings. The van der Waals surface area contributed by atoms with E-state index in [9.17, 15) is 19.5 Å². The normalized spacial score (nSPS) is 42.5. The van der Waals surface area contributed by atoms with Crippen molar-refractivity contribution in [1.29, 1.82) is 0 Å². The lowest BCUT2D eigenvalue weighted by atomic mass is 9.44. The van der Waals surface area contributed by atoms with Gasteiger partial charge in [0.1, 0.15) is 6.17 Å². The van der Waals surface area contributed by atoms with Crippen molar-refractivity contribution < 1.29 is 37.8 Å². The van der Waals surface area contributed by atoms with Crippen molar-refractivity contribution in [2.75, 3.05) is 25.3 Å². The van der Waals surface area contributed by atoms with Gasteiger partial charge in [-0.3, -0.25) is 19.5 Å². The van der Waals surface area contributed by atoms with Crippen LogP contribution in [0.3, 0.4) is 0 Å². The summed E-state index contributed by atoms with van der Waals surface area (Å²) in [4.78, 5) is 44.7. The van der Waals surface area contributed by atoms with Gasteiger partial charge in [0.05, 0.1) is 18.3 Å². The lowest BCUT2D eigenvalue weighted by Crippen LogP contribution is -2.70. The maximum atomic E-state index is 17.6. The van der Waals surface area contributed by atoms with Gasteiger partial charge in [0.15, 0.2) is 23.7 Å². The van der Waals surface area contributed by atoms with Crippen molar-refractivity contribution in [3.8, 4) is 0 Å². The van der Waals surface area contributed by atoms with Crippen molar-refractivity contribution in [1.82, 2.24) is 5.32 Å². The first-order chi connectivity index (χ1) is 19.3. The molecule has 41 heavy (non-hydrogen) atoms. The highest BCUT2D eigenvalue weighted by molar-refractivity contribution is 6.30. The minimum absolute atomic E-state index is 0.0412. The summed E-state index contributed by atoms with van der Waals surface area (Å²) in [5, 5.41) is 16.1. The van der Waals surface area contributed by atoms with Crippen LogP contribution in [0.1, 0.15) is 33.1 Å². The average molecular weight is 591 g/mol. The Bertz CT molecular complexity index is 1370. The number of fused-ring (bicyclic) bond motifs is 7. The topological polar surface area (TPSA) is 105 Å². The van der Waals surface area contributed by atoms with Gasteiger partial charge < -0.3 is 15.2 Å². The SMILES string of the molecule is CNC(=O)OCC(=O)[C@@]12ON(c3ccc(Cl)cc3)C[C@@H]1C[C@H]1[C@@H]3C[C@H](F)C4=CC(=O)C=C[C@]4(C)[C@@]3(F)[C@@H](O)C[C@@]12C. The number of rotatable bonds is 4. The van der Waals surface area contributed by atoms with Gasteiger partial charge >= 0.3 is 6.09 Å². The number of hydrogen-bond acceptors (Lipinski definition) is 7. The molecule has 0 spiro atoms. The Balaban J connectivity index is 1.43. The van der Waals surface area contributed by atoms with E-state index in [2.05, 4.69) is 5.32 Å². The van der Waals surface area contributed by atoms with Gasteiger partial charge in [-0.05, 0) is 74.1 Å². The number of aliphatic hydroxyl groups excluding tert-OH is 1. The summed E-state index contributed by atoms with van der Waals surface area (Å²) < 4.78 is 38.5. The van der Waals surface area contributed by atoms with Gasteiger partial charge in [-0.1, -0.05) is 24.6 Å². The Hall–Kier alpha value is -2.82. The van der Waals surface area contributed by atoms with E-state index < -0.39 is 76.4 Å². The minimum Gasteiger partial charge on any atom is -0.441 e. The van der Waals surface area contributed by atoms with Crippen LogP contribution in [0, 0.1) is 28.6 Å². The zero-order chi connectivity index (χ0) is 29.5. The monoisotopic (exact) mass is 590 g/mol. The smallest absolute Gasteiger partial charge is 0.407 e. The molecule has 8 nitrogen and oxygen atoms in total. The first-order valence-electron chi connectivity index (χ1n) is 13.9. The summed E-state index contributed by atoms with van der Waals surface area (Å²) in [7, 11) is 1.38. The number of carbonyl (C=O) groups excluding carboxylic acids is 3. The van der Waals surface area contributed by atoms with E-state index >= 15 is 8.78 Å². The molecule has 2 N–H and O–H groups in total. The van der Waals surface area contributed by atoms with Crippen LogP contribution in [0.4, 0.5) is 19.3 Å². The molecule has 4 aliphatic carbocycles. The second kappa shape index (κ2) is 9.34. The fourth-order valence-corrected chi connectivity index (χ4v) is 8.95. The number of aliphatic hydroxyl groups is 1. The van der Waals surface area contributed by atoms with Crippen LogP contribution in [-0.2, 0) is 19.2 Å². The maximum Gasteiger partial charge on any atom is 0.407 e. The molecule has 6 rings (SSSR count). The Kier molecular flexibility index (Phi) is 6.45. The van der Waals surface area contributed by atoms with Gasteiger partial charge in [0.2, 0.25) is 5.78 Å². The second-order valence-corrected chi connectivity index (χ2v) is 12.8. The molecule has 0 radical (unpaired) electrons. The highest BCUT2D eigenvalue weighted by atomic mass is 35.5. The van der Waals surface area contributed by atoms with Crippen molar-refractivity contribution in [3.63, 3.8) is 0 Å². The van der Waals surface area contributed by atoms with E-state index in [1.54, 1.807) is 43.2 Å². The number of halogens is 3. The van der Waals surface area contributed by atoms with Crippen molar-refractivity contribution >= 4 is 34.9 Å². The van der Waals surface area contributed by atoms with Gasteiger partial charge in [-0.2, -0.15) is 0 Å². The lowest BCUT2D eigenvalue weighted by Gasteiger charge is -2.63. The Morgan fingerprint density at radius 3 is 2.61 bits per heavy atom. The number of benzene rings is 1. The van der Waals surface area contributed by atoms with Crippen LogP contribution in [0.5, 0.6) is 0 Å². The zero-order valence-corrected chi connectivity index (χ0v) is 23.8. The van der Waals surface area contributed by atoms with Crippen LogP contribution in [0.2, 0.25) is 5.02 Å². The fraction of sp³-hybridized carbons (Fsp3) is 0.567. The number of amides is 1. The quantitative estimate of drug-likeness (QED) is 0.539. The van der Waals surface area contributed by atoms with E-state index in [4.69, 9.17) is 21.2 Å². The van der Waals surface area contributed by atoms with Crippen molar-refractivity contribution in [2.45, 2.75) is 56.7 Å². The van der Waals surface area contributed by atoms with Crippen molar-refractivity contribution in [3.05, 3.63) is 53.1 Å². The molecular formula is C30H33ClF2N2O6. The first-order valence-corrected chi connectivity index (χ1v) is 14.3. The van der Waals surface area contributed by atoms with Gasteiger partial charge in [0, 0.05) is 34.7 Å². The predicted octanol–water partition coefficient (Wildman–Crippen LogP) is 4.30. The molecular weight excluding hydrogens is 558 g/mol. The Morgan fingerprint density at radius 1 is 1.22 bits per heavy atom. The molecule has 1 amide bonds. The summed E-state index contributed by atoms with van der Waals surface area (Å²) in [6, 6.07) is 6.90. The number of Topliss-reactive ketones (excluding diaryl/α,β-unsaturated/α-hetero) is 1. The van der Waals surface area contributed by atoms with Crippen LogP contribution >= 0.6 is 11.6 Å². The summed E-state index contributed by atoms with van der Waals surface area (Å²) in [6.45, 7) is 3.02. The molecule has 11 heteroatoms. The Morgan fingerprint density at radius 2 is 1.93 bits per heavy atom. The number of nitrogens with one attached hydrogen (secondary N) is 1. The molecule has 1 aromatic rings. The number of nitrogens with zero attached hydrogens (tertiary/aromatic N) is 1. The number of allylic oxidation sites excluding steroid dienone is 4. The summed E-state index contributed by atoms with van der Waals surface area (Å²) in [5.74, 6) is -2.89. The third kappa shape index (κ3) is 3.66. The molecule has 9 atom stereocenters. The Labute approximate surface area is 241 Å². The summed E-state index contributed by atoms with van der Waals surface area (Å²) in [5.41, 5.74) is -5.82. The average Bonchev–Trinajstić information content (AvgIpc) is 3.44. The van der Waals surface area contributed by atoms with E-state index in [0.717, 1.165) is 6.08 Å². The van der Waals surface area contributed by atoms with Crippen LogP contribution in [-0.4, -0.2) is 66.5 Å². The number of alkyl halides is 2. The van der Waals surface area contributed by atoms with Gasteiger partial charge in [-0.15, -0.1) is 0 Å². The molecule has 1 aliphatic heterocycles. The third-order valence-electron chi connectivity index (χ3n) is 10.7. The van der Waals surface area contributed by atoms with Crippen LogP contribution < -0.4 is 10.4 Å².